The molecule has 38 heavy (non-hydrogen) atoms. The van der Waals surface area contributed by atoms with Crippen LogP contribution >= 0.6 is 0 Å². The van der Waals surface area contributed by atoms with Crippen LogP contribution in [-0.4, -0.2) is 35.0 Å². The van der Waals surface area contributed by atoms with E-state index in [9.17, 15) is 14.7 Å². The van der Waals surface area contributed by atoms with Crippen LogP contribution in [0.4, 0.5) is 5.69 Å². The predicted octanol–water partition coefficient (Wildman–Crippen LogP) is 5.48. The molecule has 0 aromatic heterocycles. The number of carboxylic acids is 1. The van der Waals surface area contributed by atoms with Gasteiger partial charge >= 0.3 is 5.97 Å². The third kappa shape index (κ3) is 5.11. The van der Waals surface area contributed by atoms with Crippen LogP contribution in [0.3, 0.4) is 0 Å². The zero-order valence-electron chi connectivity index (χ0n) is 21.2. The van der Waals surface area contributed by atoms with Crippen LogP contribution in [0.5, 0.6) is 5.75 Å². The van der Waals surface area contributed by atoms with Crippen molar-refractivity contribution in [2.45, 2.75) is 31.5 Å². The molecule has 0 radical (unpaired) electrons. The quantitative estimate of drug-likeness (QED) is 0.331. The van der Waals surface area contributed by atoms with E-state index in [2.05, 4.69) is 5.32 Å². The summed E-state index contributed by atoms with van der Waals surface area (Å²) in [6.07, 6.45) is 0.182. The van der Waals surface area contributed by atoms with Crippen molar-refractivity contribution < 1.29 is 19.4 Å². The maximum absolute atomic E-state index is 14.2. The minimum absolute atomic E-state index is 0.182. The number of hydrogen-bond acceptors (Lipinski definition) is 4. The topological polar surface area (TPSA) is 78.9 Å². The first kappa shape index (κ1) is 25.1. The summed E-state index contributed by atoms with van der Waals surface area (Å²) >= 11 is 0. The van der Waals surface area contributed by atoms with Crippen molar-refractivity contribution in [1.29, 1.82) is 0 Å². The Morgan fingerprint density at radius 3 is 2.03 bits per heavy atom. The SMILES string of the molecule is COc1ccc2c(c1NCc1ccccc1)CC(C(=O)O)N(C(=O)C(c1ccccc1)c1ccccc1)C2. The Kier molecular flexibility index (Phi) is 7.40. The van der Waals surface area contributed by atoms with Crippen molar-refractivity contribution in [1.82, 2.24) is 4.90 Å². The summed E-state index contributed by atoms with van der Waals surface area (Å²) < 4.78 is 5.63. The molecule has 192 valence electrons. The molecule has 1 amide bonds. The lowest BCUT2D eigenvalue weighted by Gasteiger charge is -2.38. The van der Waals surface area contributed by atoms with Gasteiger partial charge in [0.15, 0.2) is 0 Å². The van der Waals surface area contributed by atoms with Crippen molar-refractivity contribution in [3.63, 3.8) is 0 Å². The zero-order chi connectivity index (χ0) is 26.5. The molecule has 6 heteroatoms. The smallest absolute Gasteiger partial charge is 0.326 e. The Bertz CT molecular complexity index is 1370. The standard InChI is InChI=1S/C32H30N2O4/c1-38-28-18-17-25-21-34(31(35)29(23-13-7-3-8-14-23)24-15-9-4-10-16-24)27(32(36)37)19-26(25)30(28)33-20-22-11-5-2-6-12-22/h2-18,27,29,33H,19-21H2,1H3,(H,36,37). The van der Waals surface area contributed by atoms with Gasteiger partial charge in [0, 0.05) is 19.5 Å². The van der Waals surface area contributed by atoms with Gasteiger partial charge in [0.05, 0.1) is 18.7 Å². The summed E-state index contributed by atoms with van der Waals surface area (Å²) in [7, 11) is 1.60. The second kappa shape index (κ2) is 11.2. The van der Waals surface area contributed by atoms with Gasteiger partial charge in [-0.15, -0.1) is 0 Å². The first-order chi connectivity index (χ1) is 18.6. The lowest BCUT2D eigenvalue weighted by atomic mass is 9.86. The Balaban J connectivity index is 1.52. The summed E-state index contributed by atoms with van der Waals surface area (Å²) in [5.74, 6) is -1.21. The first-order valence-corrected chi connectivity index (χ1v) is 12.7. The fourth-order valence-electron chi connectivity index (χ4n) is 5.18. The molecular weight excluding hydrogens is 476 g/mol. The van der Waals surface area contributed by atoms with Crippen molar-refractivity contribution in [3.05, 3.63) is 131 Å². The molecule has 0 spiro atoms. The number of ether oxygens (including phenoxy) is 1. The summed E-state index contributed by atoms with van der Waals surface area (Å²) in [5, 5.41) is 13.8. The molecule has 5 rings (SSSR count). The number of fused-ring (bicyclic) bond motifs is 1. The molecule has 1 aliphatic heterocycles. The molecular formula is C32H30N2O4. The van der Waals surface area contributed by atoms with E-state index in [1.165, 1.54) is 4.90 Å². The van der Waals surface area contributed by atoms with Crippen LogP contribution in [-0.2, 0) is 29.1 Å². The van der Waals surface area contributed by atoms with Gasteiger partial charge in [-0.3, -0.25) is 4.79 Å². The number of amides is 1. The Hall–Kier alpha value is -4.58. The van der Waals surface area contributed by atoms with Crippen LogP contribution in [0.25, 0.3) is 0 Å². The molecule has 1 unspecified atom stereocenters. The molecule has 1 aliphatic rings. The zero-order valence-corrected chi connectivity index (χ0v) is 21.2. The van der Waals surface area contributed by atoms with Crippen LogP contribution in [0.2, 0.25) is 0 Å². The van der Waals surface area contributed by atoms with Gasteiger partial charge in [-0.05, 0) is 33.9 Å². The maximum Gasteiger partial charge on any atom is 0.326 e. The number of aliphatic carboxylic acids is 1. The number of nitrogens with one attached hydrogen (secondary N) is 1. The number of carbonyl (C=O) groups excluding carboxylic acids is 1. The van der Waals surface area contributed by atoms with E-state index in [-0.39, 0.29) is 18.9 Å². The highest BCUT2D eigenvalue weighted by Gasteiger charge is 2.39. The van der Waals surface area contributed by atoms with Crippen LogP contribution in [0.1, 0.15) is 33.7 Å². The number of benzene rings is 4. The number of nitrogens with zero attached hydrogens (tertiary/aromatic N) is 1. The Labute approximate surface area is 222 Å². The lowest BCUT2D eigenvalue weighted by molar-refractivity contribution is -0.151. The van der Waals surface area contributed by atoms with Gasteiger partial charge in [-0.25, -0.2) is 4.79 Å². The minimum Gasteiger partial charge on any atom is -0.495 e. The summed E-state index contributed by atoms with van der Waals surface area (Å²) in [4.78, 5) is 28.3. The molecule has 6 nitrogen and oxygen atoms in total. The number of anilines is 1. The average Bonchev–Trinajstić information content (AvgIpc) is 2.96. The van der Waals surface area contributed by atoms with Crippen LogP contribution < -0.4 is 10.1 Å². The summed E-state index contributed by atoms with van der Waals surface area (Å²) in [6, 6.07) is 31.9. The first-order valence-electron chi connectivity index (χ1n) is 12.7. The van der Waals surface area contributed by atoms with E-state index in [1.54, 1.807) is 7.11 Å². The van der Waals surface area contributed by atoms with Gasteiger partial charge in [0.25, 0.3) is 0 Å². The van der Waals surface area contributed by atoms with Crippen molar-refractivity contribution in [3.8, 4) is 5.75 Å². The molecule has 0 bridgehead atoms. The highest BCUT2D eigenvalue weighted by Crippen LogP contribution is 2.38. The minimum atomic E-state index is -1.03. The summed E-state index contributed by atoms with van der Waals surface area (Å²) in [5.41, 5.74) is 5.31. The normalized spacial score (nSPS) is 14.6. The van der Waals surface area contributed by atoms with E-state index in [4.69, 9.17) is 4.74 Å². The number of methoxy groups -OCH3 is 1. The third-order valence-electron chi connectivity index (χ3n) is 7.10. The molecule has 0 saturated carbocycles. The molecule has 1 atom stereocenters. The Morgan fingerprint density at radius 1 is 0.895 bits per heavy atom. The van der Waals surface area contributed by atoms with Gasteiger partial charge < -0.3 is 20.1 Å². The van der Waals surface area contributed by atoms with Crippen LogP contribution in [0, 0.1) is 0 Å². The second-order valence-electron chi connectivity index (χ2n) is 9.40. The number of carbonyl (C=O) groups is 2. The highest BCUT2D eigenvalue weighted by molar-refractivity contribution is 5.91. The molecule has 2 N–H and O–H groups in total. The monoisotopic (exact) mass is 506 g/mol. The van der Waals surface area contributed by atoms with Crippen LogP contribution in [0.15, 0.2) is 103 Å². The molecule has 0 aliphatic carbocycles. The van der Waals surface area contributed by atoms with Gasteiger partial charge in [-0.2, -0.15) is 0 Å². The third-order valence-corrected chi connectivity index (χ3v) is 7.10. The molecule has 4 aromatic rings. The number of hydrogen-bond donors (Lipinski definition) is 2. The molecule has 4 aromatic carbocycles. The van der Waals surface area contributed by atoms with Crippen molar-refractivity contribution >= 4 is 17.6 Å². The van der Waals surface area contributed by atoms with Crippen molar-refractivity contribution in [2.75, 3.05) is 12.4 Å². The maximum atomic E-state index is 14.2. The predicted molar refractivity (Wildman–Crippen MR) is 147 cm³/mol. The average molecular weight is 507 g/mol. The largest absolute Gasteiger partial charge is 0.495 e. The fraction of sp³-hybridized carbons (Fsp3) is 0.188. The van der Waals surface area contributed by atoms with Gasteiger partial charge in [-0.1, -0.05) is 97.1 Å². The fourth-order valence-corrected chi connectivity index (χ4v) is 5.18. The molecule has 0 fully saturated rings. The van der Waals surface area contributed by atoms with E-state index in [0.717, 1.165) is 33.5 Å². The molecule has 0 saturated heterocycles. The van der Waals surface area contributed by atoms with E-state index >= 15 is 0 Å². The summed E-state index contributed by atoms with van der Waals surface area (Å²) in [6.45, 7) is 0.767. The number of rotatable bonds is 8. The van der Waals surface area contributed by atoms with E-state index in [0.29, 0.717) is 12.3 Å². The van der Waals surface area contributed by atoms with E-state index in [1.807, 2.05) is 103 Å². The number of carboxylic acid groups (broad SMARTS) is 1. The second-order valence-corrected chi connectivity index (χ2v) is 9.40. The highest BCUT2D eigenvalue weighted by atomic mass is 16.5. The van der Waals surface area contributed by atoms with Gasteiger partial charge in [0.2, 0.25) is 5.91 Å². The Morgan fingerprint density at radius 2 is 1.47 bits per heavy atom. The van der Waals surface area contributed by atoms with Gasteiger partial charge in [0.1, 0.15) is 11.8 Å². The lowest BCUT2D eigenvalue weighted by Crippen LogP contribution is -2.50. The van der Waals surface area contributed by atoms with Crippen molar-refractivity contribution in [2.24, 2.45) is 0 Å². The molecule has 1 heterocycles. The van der Waals surface area contributed by atoms with E-state index < -0.39 is 17.9 Å².